The highest BCUT2D eigenvalue weighted by Crippen LogP contribution is 2.20. The molecule has 1 N–H and O–H groups in total. The summed E-state index contributed by atoms with van der Waals surface area (Å²) in [6, 6.07) is 6.65. The van der Waals surface area contributed by atoms with E-state index < -0.39 is 0 Å². The monoisotopic (exact) mass is 259 g/mol. The third-order valence-corrected chi connectivity index (χ3v) is 3.70. The molecule has 4 heteroatoms. The van der Waals surface area contributed by atoms with Crippen molar-refractivity contribution in [3.8, 4) is 11.1 Å². The van der Waals surface area contributed by atoms with Crippen molar-refractivity contribution in [2.24, 2.45) is 5.92 Å². The summed E-state index contributed by atoms with van der Waals surface area (Å²) in [5, 5.41) is 7.76. The molecule has 0 aliphatic carbocycles. The van der Waals surface area contributed by atoms with Gasteiger partial charge in [-0.1, -0.05) is 12.1 Å². The van der Waals surface area contributed by atoms with E-state index in [1.165, 1.54) is 18.9 Å². The molecule has 1 aliphatic heterocycles. The molecule has 0 spiro atoms. The minimum atomic E-state index is -0.205. The molecule has 2 heterocycles. The van der Waals surface area contributed by atoms with Crippen molar-refractivity contribution >= 4 is 0 Å². The molecule has 2 aromatic rings. The van der Waals surface area contributed by atoms with Gasteiger partial charge in [0.25, 0.3) is 0 Å². The number of hydrogen-bond acceptors (Lipinski definition) is 2. The summed E-state index contributed by atoms with van der Waals surface area (Å²) in [4.78, 5) is 0. The highest BCUT2D eigenvalue weighted by atomic mass is 19.1. The summed E-state index contributed by atoms with van der Waals surface area (Å²) in [5.74, 6) is 0.491. The molecular formula is C15H18FN3. The summed E-state index contributed by atoms with van der Waals surface area (Å²) >= 11 is 0. The van der Waals surface area contributed by atoms with E-state index in [0.29, 0.717) is 5.92 Å². The Kier molecular flexibility index (Phi) is 3.60. The zero-order valence-corrected chi connectivity index (χ0v) is 10.8. The first-order valence-electron chi connectivity index (χ1n) is 6.80. The second-order valence-electron chi connectivity index (χ2n) is 5.15. The molecule has 3 rings (SSSR count). The third-order valence-electron chi connectivity index (χ3n) is 3.70. The van der Waals surface area contributed by atoms with Gasteiger partial charge < -0.3 is 5.32 Å². The van der Waals surface area contributed by atoms with Crippen molar-refractivity contribution in [1.82, 2.24) is 15.1 Å². The molecule has 0 radical (unpaired) electrons. The molecule has 1 fully saturated rings. The highest BCUT2D eigenvalue weighted by molar-refractivity contribution is 5.61. The Morgan fingerprint density at radius 3 is 2.89 bits per heavy atom. The van der Waals surface area contributed by atoms with E-state index in [9.17, 15) is 4.39 Å². The lowest BCUT2D eigenvalue weighted by Gasteiger charge is -2.22. The standard InChI is InChI=1S/C15H18FN3/c16-15-3-1-2-13(8-15)14-9-18-19(11-14)10-12-4-6-17-7-5-12/h1-3,8-9,11-12,17H,4-7,10H2. The maximum Gasteiger partial charge on any atom is 0.123 e. The quantitative estimate of drug-likeness (QED) is 0.918. The van der Waals surface area contributed by atoms with Crippen LogP contribution in [0, 0.1) is 11.7 Å². The van der Waals surface area contributed by atoms with Crippen LogP contribution in [0.15, 0.2) is 36.7 Å². The molecule has 0 unspecified atom stereocenters. The molecule has 0 saturated carbocycles. The van der Waals surface area contributed by atoms with Crippen LogP contribution in [-0.4, -0.2) is 22.9 Å². The van der Waals surface area contributed by atoms with Crippen molar-refractivity contribution in [1.29, 1.82) is 0 Å². The number of rotatable bonds is 3. The molecule has 0 amide bonds. The van der Waals surface area contributed by atoms with Gasteiger partial charge in [-0.25, -0.2) is 4.39 Å². The van der Waals surface area contributed by atoms with Gasteiger partial charge in [0.1, 0.15) is 5.82 Å². The van der Waals surface area contributed by atoms with Crippen molar-refractivity contribution in [3.05, 3.63) is 42.5 Å². The molecule has 1 aliphatic rings. The summed E-state index contributed by atoms with van der Waals surface area (Å²) in [5.41, 5.74) is 1.87. The smallest absolute Gasteiger partial charge is 0.123 e. The number of hydrogen-bond donors (Lipinski definition) is 1. The van der Waals surface area contributed by atoms with Gasteiger partial charge in [-0.05, 0) is 49.5 Å². The summed E-state index contributed by atoms with van der Waals surface area (Å²) < 4.78 is 15.2. The molecular weight excluding hydrogens is 241 g/mol. The van der Waals surface area contributed by atoms with E-state index in [-0.39, 0.29) is 5.82 Å². The summed E-state index contributed by atoms with van der Waals surface area (Å²) in [6.07, 6.45) is 6.23. The maximum absolute atomic E-state index is 13.2. The van der Waals surface area contributed by atoms with Crippen LogP contribution in [0.1, 0.15) is 12.8 Å². The van der Waals surface area contributed by atoms with E-state index in [2.05, 4.69) is 10.4 Å². The minimum absolute atomic E-state index is 0.205. The van der Waals surface area contributed by atoms with Gasteiger partial charge in [-0.3, -0.25) is 4.68 Å². The fraction of sp³-hybridized carbons (Fsp3) is 0.400. The molecule has 1 aromatic carbocycles. The van der Waals surface area contributed by atoms with Crippen LogP contribution in [0.5, 0.6) is 0 Å². The van der Waals surface area contributed by atoms with E-state index in [1.54, 1.807) is 12.1 Å². The fourth-order valence-corrected chi connectivity index (χ4v) is 2.61. The first kappa shape index (κ1) is 12.4. The number of benzene rings is 1. The molecule has 3 nitrogen and oxygen atoms in total. The predicted molar refractivity (Wildman–Crippen MR) is 73.2 cm³/mol. The Morgan fingerprint density at radius 1 is 1.26 bits per heavy atom. The van der Waals surface area contributed by atoms with E-state index in [4.69, 9.17) is 0 Å². The minimum Gasteiger partial charge on any atom is -0.317 e. The topological polar surface area (TPSA) is 29.9 Å². The van der Waals surface area contributed by atoms with Crippen molar-refractivity contribution in [3.63, 3.8) is 0 Å². The van der Waals surface area contributed by atoms with Crippen molar-refractivity contribution < 1.29 is 4.39 Å². The van der Waals surface area contributed by atoms with Crippen LogP contribution < -0.4 is 5.32 Å². The number of piperidine rings is 1. The molecule has 19 heavy (non-hydrogen) atoms. The molecule has 1 aromatic heterocycles. The van der Waals surface area contributed by atoms with Gasteiger partial charge in [0.2, 0.25) is 0 Å². The van der Waals surface area contributed by atoms with Crippen LogP contribution in [0.4, 0.5) is 4.39 Å². The first-order valence-corrected chi connectivity index (χ1v) is 6.80. The Morgan fingerprint density at radius 2 is 2.11 bits per heavy atom. The van der Waals surface area contributed by atoms with Gasteiger partial charge >= 0.3 is 0 Å². The molecule has 1 saturated heterocycles. The molecule has 0 bridgehead atoms. The second kappa shape index (κ2) is 5.53. The lowest BCUT2D eigenvalue weighted by Crippen LogP contribution is -2.29. The second-order valence-corrected chi connectivity index (χ2v) is 5.15. The highest BCUT2D eigenvalue weighted by Gasteiger charge is 2.14. The zero-order chi connectivity index (χ0) is 13.1. The van der Waals surface area contributed by atoms with E-state index in [0.717, 1.165) is 30.8 Å². The van der Waals surface area contributed by atoms with Gasteiger partial charge in [0, 0.05) is 18.3 Å². The Balaban J connectivity index is 1.72. The zero-order valence-electron chi connectivity index (χ0n) is 10.8. The van der Waals surface area contributed by atoms with Crippen LogP contribution in [-0.2, 0) is 6.54 Å². The molecule has 100 valence electrons. The van der Waals surface area contributed by atoms with E-state index >= 15 is 0 Å². The lowest BCUT2D eigenvalue weighted by molar-refractivity contribution is 0.321. The van der Waals surface area contributed by atoms with E-state index in [1.807, 2.05) is 23.1 Å². The van der Waals surface area contributed by atoms with Crippen molar-refractivity contribution in [2.75, 3.05) is 13.1 Å². The number of nitrogens with one attached hydrogen (secondary N) is 1. The Labute approximate surface area is 112 Å². The maximum atomic E-state index is 13.2. The van der Waals surface area contributed by atoms with Crippen molar-refractivity contribution in [2.45, 2.75) is 19.4 Å². The lowest BCUT2D eigenvalue weighted by atomic mass is 9.98. The number of nitrogens with zero attached hydrogens (tertiary/aromatic N) is 2. The van der Waals surface area contributed by atoms with Crippen LogP contribution in [0.2, 0.25) is 0 Å². The molecule has 0 atom stereocenters. The predicted octanol–water partition coefficient (Wildman–Crippen LogP) is 2.69. The number of aromatic nitrogens is 2. The van der Waals surface area contributed by atoms with Crippen LogP contribution in [0.25, 0.3) is 11.1 Å². The Bertz CT molecular complexity index is 544. The normalized spacial score (nSPS) is 16.7. The fourth-order valence-electron chi connectivity index (χ4n) is 2.61. The summed E-state index contributed by atoms with van der Waals surface area (Å²) in [6.45, 7) is 3.16. The van der Waals surface area contributed by atoms with Crippen LogP contribution in [0.3, 0.4) is 0 Å². The number of halogens is 1. The van der Waals surface area contributed by atoms with Gasteiger partial charge in [-0.2, -0.15) is 5.10 Å². The van der Waals surface area contributed by atoms with Gasteiger partial charge in [0.05, 0.1) is 6.20 Å². The Hall–Kier alpha value is -1.68. The average molecular weight is 259 g/mol. The summed E-state index contributed by atoms with van der Waals surface area (Å²) in [7, 11) is 0. The van der Waals surface area contributed by atoms with Gasteiger partial charge in [0.15, 0.2) is 0 Å². The van der Waals surface area contributed by atoms with Gasteiger partial charge in [-0.15, -0.1) is 0 Å². The average Bonchev–Trinajstić information content (AvgIpc) is 2.88. The third kappa shape index (κ3) is 3.01. The largest absolute Gasteiger partial charge is 0.317 e. The SMILES string of the molecule is Fc1cccc(-c2cnn(CC3CCNCC3)c2)c1. The van der Waals surface area contributed by atoms with Crippen LogP contribution >= 0.6 is 0 Å². The first-order chi connectivity index (χ1) is 9.31.